The molecular weight excluding hydrogens is 396 g/mol. The third kappa shape index (κ3) is 3.89. The average Bonchev–Trinajstić information content (AvgIpc) is 3.13. The molecule has 0 saturated carbocycles. The van der Waals surface area contributed by atoms with Crippen molar-refractivity contribution in [1.29, 1.82) is 0 Å². The molecule has 0 aliphatic carbocycles. The van der Waals surface area contributed by atoms with Crippen LogP contribution in [0.5, 0.6) is 5.75 Å². The summed E-state index contributed by atoms with van der Waals surface area (Å²) in [7, 11) is 3.52. The smallest absolute Gasteiger partial charge is 0.237 e. The van der Waals surface area contributed by atoms with Crippen molar-refractivity contribution >= 4 is 34.1 Å². The van der Waals surface area contributed by atoms with Gasteiger partial charge >= 0.3 is 0 Å². The summed E-state index contributed by atoms with van der Waals surface area (Å²) in [6.07, 6.45) is 0. The van der Waals surface area contributed by atoms with Gasteiger partial charge < -0.3 is 14.6 Å². The first kappa shape index (κ1) is 20.0. The average molecular weight is 419 g/mol. The number of hydrogen-bond acceptors (Lipinski definition) is 5. The van der Waals surface area contributed by atoms with Crippen LogP contribution in [0.3, 0.4) is 0 Å². The second-order valence-corrected chi connectivity index (χ2v) is 8.15. The number of fused-ring (bicyclic) bond motifs is 1. The second kappa shape index (κ2) is 8.59. The van der Waals surface area contributed by atoms with Crippen molar-refractivity contribution in [3.05, 3.63) is 66.7 Å². The normalized spacial score (nSPS) is 12.0. The molecule has 1 N–H and O–H groups in total. The SMILES string of the molecule is COc1ccccc1-c1nnc(S[C@@H](C)C(=O)Nc2cccc3ccccc23)n1C. The number of carbonyl (C=O) groups is 1. The highest BCUT2D eigenvalue weighted by Crippen LogP contribution is 2.31. The first-order valence-corrected chi connectivity index (χ1v) is 10.4. The van der Waals surface area contributed by atoms with Gasteiger partial charge in [-0.3, -0.25) is 4.79 Å². The maximum atomic E-state index is 12.8. The minimum absolute atomic E-state index is 0.0850. The lowest BCUT2D eigenvalue weighted by atomic mass is 10.1. The first-order chi connectivity index (χ1) is 14.6. The van der Waals surface area contributed by atoms with Gasteiger partial charge in [-0.05, 0) is 30.5 Å². The molecule has 1 atom stereocenters. The third-order valence-corrected chi connectivity index (χ3v) is 6.02. The molecule has 0 radical (unpaired) electrons. The van der Waals surface area contributed by atoms with Gasteiger partial charge in [-0.15, -0.1) is 10.2 Å². The van der Waals surface area contributed by atoms with Crippen LogP contribution in [0.2, 0.25) is 0 Å². The third-order valence-electron chi connectivity index (χ3n) is 4.88. The van der Waals surface area contributed by atoms with Gasteiger partial charge in [0.25, 0.3) is 0 Å². The van der Waals surface area contributed by atoms with Crippen LogP contribution in [0.1, 0.15) is 6.92 Å². The number of anilines is 1. The molecule has 6 nitrogen and oxygen atoms in total. The lowest BCUT2D eigenvalue weighted by Crippen LogP contribution is -2.23. The van der Waals surface area contributed by atoms with Crippen molar-refractivity contribution in [1.82, 2.24) is 14.8 Å². The number of benzene rings is 3. The number of hydrogen-bond donors (Lipinski definition) is 1. The van der Waals surface area contributed by atoms with E-state index in [0.29, 0.717) is 11.0 Å². The Hall–Kier alpha value is -3.32. The molecule has 3 aromatic carbocycles. The van der Waals surface area contributed by atoms with Gasteiger partial charge in [0.05, 0.1) is 17.9 Å². The van der Waals surface area contributed by atoms with Gasteiger partial charge in [0, 0.05) is 18.1 Å². The van der Waals surface area contributed by atoms with E-state index in [1.807, 2.05) is 85.3 Å². The van der Waals surface area contributed by atoms with Crippen molar-refractivity contribution in [2.24, 2.45) is 7.05 Å². The Morgan fingerprint density at radius 1 is 1.03 bits per heavy atom. The summed E-state index contributed by atoms with van der Waals surface area (Å²) in [4.78, 5) is 12.8. The van der Waals surface area contributed by atoms with Crippen LogP contribution < -0.4 is 10.1 Å². The summed E-state index contributed by atoms with van der Waals surface area (Å²) in [5.41, 5.74) is 1.66. The van der Waals surface area contributed by atoms with E-state index in [2.05, 4.69) is 15.5 Å². The maximum Gasteiger partial charge on any atom is 0.237 e. The molecule has 0 unspecified atom stereocenters. The van der Waals surface area contributed by atoms with Crippen LogP contribution in [0.15, 0.2) is 71.9 Å². The van der Waals surface area contributed by atoms with Gasteiger partial charge in [-0.25, -0.2) is 0 Å². The summed E-state index contributed by atoms with van der Waals surface area (Å²) < 4.78 is 7.31. The zero-order valence-corrected chi connectivity index (χ0v) is 17.8. The predicted molar refractivity (Wildman–Crippen MR) is 121 cm³/mol. The first-order valence-electron chi connectivity index (χ1n) is 9.56. The van der Waals surface area contributed by atoms with E-state index in [1.54, 1.807) is 7.11 Å². The number of amides is 1. The molecule has 0 fully saturated rings. The summed E-state index contributed by atoms with van der Waals surface area (Å²) in [6, 6.07) is 21.5. The van der Waals surface area contributed by atoms with Gasteiger partial charge in [-0.2, -0.15) is 0 Å². The van der Waals surface area contributed by atoms with Crippen LogP contribution in [0.25, 0.3) is 22.2 Å². The van der Waals surface area contributed by atoms with Crippen molar-refractivity contribution in [2.45, 2.75) is 17.3 Å². The fraction of sp³-hybridized carbons (Fsp3) is 0.174. The zero-order valence-electron chi connectivity index (χ0n) is 17.0. The van der Waals surface area contributed by atoms with Gasteiger partial charge in [0.1, 0.15) is 5.75 Å². The summed E-state index contributed by atoms with van der Waals surface area (Å²) >= 11 is 1.37. The number of rotatable bonds is 6. The van der Waals surface area contributed by atoms with Crippen LogP contribution >= 0.6 is 11.8 Å². The largest absolute Gasteiger partial charge is 0.496 e. The van der Waals surface area contributed by atoms with Gasteiger partial charge in [0.2, 0.25) is 5.91 Å². The van der Waals surface area contributed by atoms with Crippen LogP contribution in [-0.2, 0) is 11.8 Å². The number of methoxy groups -OCH3 is 1. The number of para-hydroxylation sites is 1. The molecular formula is C23H22N4O2S. The summed E-state index contributed by atoms with van der Waals surface area (Å²) in [5, 5.41) is 14.1. The Kier molecular flexibility index (Phi) is 5.72. The zero-order chi connectivity index (χ0) is 21.1. The van der Waals surface area contributed by atoms with E-state index in [-0.39, 0.29) is 11.2 Å². The molecule has 0 bridgehead atoms. The monoisotopic (exact) mass is 418 g/mol. The Balaban J connectivity index is 1.52. The second-order valence-electron chi connectivity index (χ2n) is 6.84. The lowest BCUT2D eigenvalue weighted by Gasteiger charge is -2.13. The van der Waals surface area contributed by atoms with E-state index < -0.39 is 0 Å². The number of aromatic nitrogens is 3. The highest BCUT2D eigenvalue weighted by molar-refractivity contribution is 8.00. The quantitative estimate of drug-likeness (QED) is 0.457. The van der Waals surface area contributed by atoms with Crippen LogP contribution in [0.4, 0.5) is 5.69 Å². The minimum atomic E-state index is -0.350. The lowest BCUT2D eigenvalue weighted by molar-refractivity contribution is -0.115. The number of thioether (sulfide) groups is 1. The molecule has 4 rings (SSSR count). The topological polar surface area (TPSA) is 69.0 Å². The molecule has 1 aromatic heterocycles. The maximum absolute atomic E-state index is 12.8. The fourth-order valence-electron chi connectivity index (χ4n) is 3.26. The summed E-state index contributed by atoms with van der Waals surface area (Å²) in [6.45, 7) is 1.86. The van der Waals surface area contributed by atoms with Crippen molar-refractivity contribution < 1.29 is 9.53 Å². The van der Waals surface area contributed by atoms with E-state index in [1.165, 1.54) is 11.8 Å². The van der Waals surface area contributed by atoms with E-state index in [4.69, 9.17) is 4.74 Å². The highest BCUT2D eigenvalue weighted by atomic mass is 32.2. The number of nitrogens with zero attached hydrogens (tertiary/aromatic N) is 3. The van der Waals surface area contributed by atoms with E-state index in [0.717, 1.165) is 27.8 Å². The molecule has 7 heteroatoms. The van der Waals surface area contributed by atoms with Gasteiger partial charge in [0.15, 0.2) is 11.0 Å². The predicted octanol–water partition coefficient (Wildman–Crippen LogP) is 4.76. The highest BCUT2D eigenvalue weighted by Gasteiger charge is 2.21. The standard InChI is InChI=1S/C23H22N4O2S/c1-15(22(28)24-19-13-8-10-16-9-4-5-11-17(16)19)30-23-26-25-21(27(23)2)18-12-6-7-14-20(18)29-3/h4-15H,1-3H3,(H,24,28)/t15-/m0/s1. The number of carbonyl (C=O) groups excluding carboxylic acids is 1. The van der Waals surface area contributed by atoms with Crippen molar-refractivity contribution in [2.75, 3.05) is 12.4 Å². The molecule has 0 spiro atoms. The molecule has 4 aromatic rings. The number of ether oxygens (including phenoxy) is 1. The Morgan fingerprint density at radius 2 is 1.77 bits per heavy atom. The van der Waals surface area contributed by atoms with Crippen molar-refractivity contribution in [3.8, 4) is 17.1 Å². The number of nitrogens with one attached hydrogen (secondary N) is 1. The van der Waals surface area contributed by atoms with Crippen LogP contribution in [-0.4, -0.2) is 33.0 Å². The molecule has 0 saturated heterocycles. The Labute approximate surface area is 179 Å². The fourth-order valence-corrected chi connectivity index (χ4v) is 4.08. The molecule has 152 valence electrons. The van der Waals surface area contributed by atoms with E-state index in [9.17, 15) is 4.79 Å². The summed E-state index contributed by atoms with van der Waals surface area (Å²) in [5.74, 6) is 1.33. The molecule has 0 aliphatic rings. The molecule has 1 amide bonds. The molecule has 1 heterocycles. The Bertz CT molecular complexity index is 1200. The van der Waals surface area contributed by atoms with Crippen molar-refractivity contribution in [3.63, 3.8) is 0 Å². The Morgan fingerprint density at radius 3 is 2.60 bits per heavy atom. The minimum Gasteiger partial charge on any atom is -0.496 e. The van der Waals surface area contributed by atoms with Gasteiger partial charge in [-0.1, -0.05) is 60.3 Å². The molecule has 30 heavy (non-hydrogen) atoms. The molecule has 0 aliphatic heterocycles. The van der Waals surface area contributed by atoms with E-state index >= 15 is 0 Å². The van der Waals surface area contributed by atoms with Crippen LogP contribution in [0, 0.1) is 0 Å².